The smallest absolute Gasteiger partial charge is 0.255 e. The van der Waals surface area contributed by atoms with Crippen LogP contribution in [0.3, 0.4) is 0 Å². The van der Waals surface area contributed by atoms with E-state index in [0.29, 0.717) is 12.2 Å². The van der Waals surface area contributed by atoms with Crippen molar-refractivity contribution in [3.05, 3.63) is 95.8 Å². The standard InChI is InChI=1S/C35H40FN5O7/c1-41-25(21-23-7-3-2-4-8-23)22-48-30-10-6-5-9-27(30)33(44)40-28(16-18-32(43)39-29(35(41)46)15-17-31(37)42)34(45)38-19-20-47-26-13-11-24(36)12-14-26/h2-14,25,28-29H,15-22H2,1H3,(H2,37,42)(H,38,45)(H,39,43)(H,40,44)/t25-,28+,29+/m1/s1. The molecular weight excluding hydrogens is 621 g/mol. The number of carbonyl (C=O) groups is 5. The average Bonchev–Trinajstić information content (AvgIpc) is 3.08. The highest BCUT2D eigenvalue weighted by atomic mass is 19.1. The van der Waals surface area contributed by atoms with Crippen molar-refractivity contribution in [2.75, 3.05) is 26.8 Å². The van der Waals surface area contributed by atoms with Gasteiger partial charge in [-0.3, -0.25) is 24.0 Å². The Balaban J connectivity index is 1.56. The van der Waals surface area contributed by atoms with E-state index in [1.807, 2.05) is 30.3 Å². The molecule has 0 spiro atoms. The number of nitrogens with one attached hydrogen (secondary N) is 3. The summed E-state index contributed by atoms with van der Waals surface area (Å²) < 4.78 is 24.9. The fourth-order valence-corrected chi connectivity index (χ4v) is 5.17. The Morgan fingerprint density at radius 2 is 1.71 bits per heavy atom. The molecule has 3 aromatic carbocycles. The van der Waals surface area contributed by atoms with E-state index in [0.717, 1.165) is 5.56 Å². The van der Waals surface area contributed by atoms with Gasteiger partial charge in [0.1, 0.15) is 42.6 Å². The third-order valence-electron chi connectivity index (χ3n) is 7.85. The Bertz CT molecular complexity index is 1570. The molecule has 3 aromatic rings. The molecule has 0 aliphatic carbocycles. The van der Waals surface area contributed by atoms with Gasteiger partial charge >= 0.3 is 0 Å². The van der Waals surface area contributed by atoms with E-state index in [-0.39, 0.29) is 56.8 Å². The minimum atomic E-state index is -1.14. The number of halogens is 1. The fourth-order valence-electron chi connectivity index (χ4n) is 5.17. The van der Waals surface area contributed by atoms with Crippen molar-refractivity contribution in [2.24, 2.45) is 5.73 Å². The quantitative estimate of drug-likeness (QED) is 0.241. The first-order valence-electron chi connectivity index (χ1n) is 15.7. The highest BCUT2D eigenvalue weighted by Gasteiger charge is 2.31. The number of fused-ring (bicyclic) bond motifs is 1. The van der Waals surface area contributed by atoms with Crippen molar-refractivity contribution in [3.8, 4) is 11.5 Å². The topological polar surface area (TPSA) is 169 Å². The molecule has 0 bridgehead atoms. The van der Waals surface area contributed by atoms with Gasteiger partial charge in [0.15, 0.2) is 0 Å². The third-order valence-corrected chi connectivity index (χ3v) is 7.85. The zero-order valence-corrected chi connectivity index (χ0v) is 26.7. The van der Waals surface area contributed by atoms with Gasteiger partial charge in [-0.05, 0) is 61.2 Å². The normalized spacial score (nSPS) is 19.0. The highest BCUT2D eigenvalue weighted by Crippen LogP contribution is 2.21. The Labute approximate surface area is 278 Å². The van der Waals surface area contributed by atoms with Crippen LogP contribution in [0.15, 0.2) is 78.9 Å². The van der Waals surface area contributed by atoms with Crippen LogP contribution in [0, 0.1) is 5.82 Å². The van der Waals surface area contributed by atoms with Crippen LogP contribution in [0.1, 0.15) is 41.6 Å². The van der Waals surface area contributed by atoms with Crippen LogP contribution in [-0.2, 0) is 25.6 Å². The van der Waals surface area contributed by atoms with Gasteiger partial charge in [0, 0.05) is 19.9 Å². The summed E-state index contributed by atoms with van der Waals surface area (Å²) in [5.74, 6) is -2.52. The van der Waals surface area contributed by atoms with Gasteiger partial charge in [-0.25, -0.2) is 4.39 Å². The summed E-state index contributed by atoms with van der Waals surface area (Å²) in [6.07, 6.45) is -0.0882. The lowest BCUT2D eigenvalue weighted by Gasteiger charge is -2.32. The second-order valence-electron chi connectivity index (χ2n) is 11.4. The lowest BCUT2D eigenvalue weighted by Crippen LogP contribution is -2.52. The summed E-state index contributed by atoms with van der Waals surface area (Å²) >= 11 is 0. The molecule has 12 nitrogen and oxygen atoms in total. The van der Waals surface area contributed by atoms with Crippen molar-refractivity contribution in [2.45, 2.75) is 50.2 Å². The summed E-state index contributed by atoms with van der Waals surface area (Å²) in [6.45, 7) is 0.125. The number of hydrogen-bond donors (Lipinski definition) is 4. The third kappa shape index (κ3) is 10.5. The molecule has 0 radical (unpaired) electrons. The van der Waals surface area contributed by atoms with E-state index in [4.69, 9.17) is 15.2 Å². The number of primary amides is 1. The van der Waals surface area contributed by atoms with Crippen molar-refractivity contribution >= 4 is 29.5 Å². The monoisotopic (exact) mass is 661 g/mol. The van der Waals surface area contributed by atoms with E-state index < -0.39 is 53.5 Å². The number of amides is 5. The summed E-state index contributed by atoms with van der Waals surface area (Å²) in [4.78, 5) is 66.9. The van der Waals surface area contributed by atoms with Gasteiger partial charge in [-0.15, -0.1) is 0 Å². The van der Waals surface area contributed by atoms with Crippen LogP contribution in [0.25, 0.3) is 0 Å². The Morgan fingerprint density at radius 3 is 2.44 bits per heavy atom. The minimum Gasteiger partial charge on any atom is -0.492 e. The van der Waals surface area contributed by atoms with Crippen LogP contribution in [0.4, 0.5) is 4.39 Å². The Hall–Kier alpha value is -5.46. The molecular formula is C35H40FN5O7. The number of rotatable bonds is 10. The van der Waals surface area contributed by atoms with Crippen molar-refractivity contribution in [1.82, 2.24) is 20.9 Å². The Kier molecular flexibility index (Phi) is 12.9. The van der Waals surface area contributed by atoms with Gasteiger partial charge < -0.3 is 36.1 Å². The van der Waals surface area contributed by atoms with E-state index in [1.165, 1.54) is 29.2 Å². The molecule has 0 fully saturated rings. The fraction of sp³-hybridized carbons (Fsp3) is 0.343. The number of ether oxygens (including phenoxy) is 2. The molecule has 3 atom stereocenters. The van der Waals surface area contributed by atoms with Gasteiger partial charge in [-0.1, -0.05) is 42.5 Å². The van der Waals surface area contributed by atoms with Crippen molar-refractivity contribution in [1.29, 1.82) is 0 Å². The zero-order valence-electron chi connectivity index (χ0n) is 26.7. The predicted octanol–water partition coefficient (Wildman–Crippen LogP) is 2.11. The van der Waals surface area contributed by atoms with Gasteiger partial charge in [-0.2, -0.15) is 0 Å². The molecule has 5 N–H and O–H groups in total. The van der Waals surface area contributed by atoms with E-state index in [9.17, 15) is 28.4 Å². The number of likely N-dealkylation sites (N-methyl/N-ethyl adjacent to an activating group) is 1. The predicted molar refractivity (Wildman–Crippen MR) is 174 cm³/mol. The van der Waals surface area contributed by atoms with Gasteiger partial charge in [0.25, 0.3) is 5.91 Å². The van der Waals surface area contributed by atoms with Gasteiger partial charge in [0.05, 0.1) is 18.2 Å². The molecule has 0 unspecified atom stereocenters. The molecule has 0 saturated heterocycles. The molecule has 5 amide bonds. The number of nitrogens with two attached hydrogens (primary N) is 1. The number of nitrogens with zero attached hydrogens (tertiary/aromatic N) is 1. The summed E-state index contributed by atoms with van der Waals surface area (Å²) in [5, 5.41) is 8.11. The largest absolute Gasteiger partial charge is 0.492 e. The van der Waals surface area contributed by atoms with E-state index in [1.54, 1.807) is 31.3 Å². The molecule has 4 rings (SSSR count). The van der Waals surface area contributed by atoms with Crippen molar-refractivity contribution < 1.29 is 37.8 Å². The van der Waals surface area contributed by atoms with Crippen LogP contribution in [0.5, 0.6) is 11.5 Å². The summed E-state index contributed by atoms with van der Waals surface area (Å²) in [5.41, 5.74) is 6.48. The lowest BCUT2D eigenvalue weighted by atomic mass is 10.0. The first-order chi connectivity index (χ1) is 23.1. The highest BCUT2D eigenvalue weighted by molar-refractivity contribution is 6.00. The minimum absolute atomic E-state index is 0.00408. The molecule has 1 aliphatic heterocycles. The van der Waals surface area contributed by atoms with Crippen LogP contribution in [0.2, 0.25) is 0 Å². The number of carbonyl (C=O) groups excluding carboxylic acids is 5. The van der Waals surface area contributed by atoms with Crippen molar-refractivity contribution in [3.63, 3.8) is 0 Å². The number of benzene rings is 3. The molecule has 0 aromatic heterocycles. The second kappa shape index (κ2) is 17.5. The second-order valence-corrected chi connectivity index (χ2v) is 11.4. The molecule has 1 heterocycles. The summed E-state index contributed by atoms with van der Waals surface area (Å²) in [6, 6.07) is 18.7. The summed E-state index contributed by atoms with van der Waals surface area (Å²) in [7, 11) is 1.60. The van der Waals surface area contributed by atoms with E-state index in [2.05, 4.69) is 16.0 Å². The first-order valence-corrected chi connectivity index (χ1v) is 15.7. The molecule has 48 heavy (non-hydrogen) atoms. The van der Waals surface area contributed by atoms with E-state index >= 15 is 0 Å². The molecule has 13 heteroatoms. The lowest BCUT2D eigenvalue weighted by molar-refractivity contribution is -0.138. The maximum atomic E-state index is 13.8. The first kappa shape index (κ1) is 35.4. The van der Waals surface area contributed by atoms with Crippen LogP contribution < -0.4 is 31.2 Å². The maximum Gasteiger partial charge on any atom is 0.255 e. The number of hydrogen-bond acceptors (Lipinski definition) is 7. The van der Waals surface area contributed by atoms with Gasteiger partial charge in [0.2, 0.25) is 23.6 Å². The molecule has 1 aliphatic rings. The average molecular weight is 662 g/mol. The maximum absolute atomic E-state index is 13.8. The molecule has 254 valence electrons. The van der Waals surface area contributed by atoms with Crippen LogP contribution in [-0.4, -0.2) is 79.4 Å². The Morgan fingerprint density at radius 1 is 1.00 bits per heavy atom. The SMILES string of the molecule is CN1C(=O)[C@H](CCC(N)=O)NC(=O)CC[C@@H](C(=O)NCCOc2ccc(F)cc2)NC(=O)c2ccccc2OC[C@H]1Cc1ccccc1. The van der Waals surface area contributed by atoms with Crippen LogP contribution >= 0.6 is 0 Å². The number of para-hydroxylation sites is 1. The molecule has 0 saturated carbocycles. The zero-order chi connectivity index (χ0) is 34.5.